The van der Waals surface area contributed by atoms with Crippen LogP contribution in [0.3, 0.4) is 0 Å². The molecule has 1 unspecified atom stereocenters. The zero-order valence-corrected chi connectivity index (χ0v) is 17.2. The molecule has 0 radical (unpaired) electrons. The first kappa shape index (κ1) is 20.3. The molecule has 1 aliphatic rings. The number of rotatable bonds is 5. The van der Waals surface area contributed by atoms with Crippen molar-refractivity contribution in [1.82, 2.24) is 4.31 Å². The lowest BCUT2D eigenvalue weighted by Gasteiger charge is -2.16. The Bertz CT molecular complexity index is 1010. The van der Waals surface area contributed by atoms with E-state index in [-0.39, 0.29) is 18.0 Å². The van der Waals surface area contributed by atoms with E-state index in [1.165, 1.54) is 4.31 Å². The van der Waals surface area contributed by atoms with E-state index in [1.54, 1.807) is 31.4 Å². The van der Waals surface area contributed by atoms with Crippen LogP contribution in [0.4, 0.5) is 0 Å². The van der Waals surface area contributed by atoms with Crippen LogP contribution >= 0.6 is 0 Å². The molecular formula is C22H25NO4S. The number of sulfonamides is 1. The Balaban J connectivity index is 1.99. The molecule has 6 heteroatoms. The van der Waals surface area contributed by atoms with Gasteiger partial charge in [-0.05, 0) is 54.8 Å². The fourth-order valence-corrected chi connectivity index (χ4v) is 4.84. The summed E-state index contributed by atoms with van der Waals surface area (Å²) in [4.78, 5) is 0.230. The highest BCUT2D eigenvalue weighted by Crippen LogP contribution is 2.34. The number of hydrogen-bond donors (Lipinski definition) is 1. The smallest absolute Gasteiger partial charge is 0.243 e. The predicted molar refractivity (Wildman–Crippen MR) is 111 cm³/mol. The molecule has 1 heterocycles. The van der Waals surface area contributed by atoms with Gasteiger partial charge in [0.2, 0.25) is 10.0 Å². The maximum atomic E-state index is 13.0. The van der Waals surface area contributed by atoms with Gasteiger partial charge in [0.05, 0.1) is 18.1 Å². The van der Waals surface area contributed by atoms with E-state index in [2.05, 4.69) is 6.58 Å². The van der Waals surface area contributed by atoms with Gasteiger partial charge >= 0.3 is 0 Å². The Labute approximate surface area is 166 Å². The van der Waals surface area contributed by atoms with Gasteiger partial charge in [0.15, 0.2) is 0 Å². The molecular weight excluding hydrogens is 374 g/mol. The molecule has 1 atom stereocenters. The third-order valence-corrected chi connectivity index (χ3v) is 6.74. The molecule has 1 saturated heterocycles. The number of aliphatic hydroxyl groups is 1. The Morgan fingerprint density at radius 2 is 1.75 bits per heavy atom. The first-order valence-electron chi connectivity index (χ1n) is 9.02. The summed E-state index contributed by atoms with van der Waals surface area (Å²) < 4.78 is 32.5. The van der Waals surface area contributed by atoms with E-state index < -0.39 is 16.1 Å². The number of aryl methyl sites for hydroxylation is 1. The topological polar surface area (TPSA) is 66.8 Å². The number of benzene rings is 2. The molecule has 28 heavy (non-hydrogen) atoms. The van der Waals surface area contributed by atoms with Crippen molar-refractivity contribution >= 4 is 15.6 Å². The highest BCUT2D eigenvalue weighted by molar-refractivity contribution is 7.89. The molecule has 1 aliphatic heterocycles. The van der Waals surface area contributed by atoms with Crippen molar-refractivity contribution in [3.05, 3.63) is 77.4 Å². The number of hydrogen-bond acceptors (Lipinski definition) is 4. The fourth-order valence-electron chi connectivity index (χ4n) is 3.41. The molecule has 3 rings (SSSR count). The van der Waals surface area contributed by atoms with Crippen molar-refractivity contribution in [2.24, 2.45) is 0 Å². The van der Waals surface area contributed by atoms with Gasteiger partial charge in [-0.25, -0.2) is 8.42 Å². The van der Waals surface area contributed by atoms with E-state index >= 15 is 0 Å². The average molecular weight is 400 g/mol. The minimum atomic E-state index is -3.68. The second kappa shape index (κ2) is 7.91. The highest BCUT2D eigenvalue weighted by atomic mass is 32.2. The molecule has 0 spiro atoms. The molecule has 0 bridgehead atoms. The van der Waals surface area contributed by atoms with Crippen molar-refractivity contribution in [3.8, 4) is 5.75 Å². The maximum absolute atomic E-state index is 13.0. The van der Waals surface area contributed by atoms with Crippen LogP contribution < -0.4 is 4.74 Å². The van der Waals surface area contributed by atoms with E-state index in [1.807, 2.05) is 38.1 Å². The monoisotopic (exact) mass is 399 g/mol. The van der Waals surface area contributed by atoms with E-state index in [4.69, 9.17) is 4.74 Å². The molecule has 2 aromatic carbocycles. The number of methoxy groups -OCH3 is 1. The molecule has 0 aromatic heterocycles. The first-order valence-corrected chi connectivity index (χ1v) is 10.5. The summed E-state index contributed by atoms with van der Waals surface area (Å²) in [5.74, 6) is 0.727. The van der Waals surface area contributed by atoms with Gasteiger partial charge < -0.3 is 9.84 Å². The van der Waals surface area contributed by atoms with Gasteiger partial charge in [-0.1, -0.05) is 42.0 Å². The van der Waals surface area contributed by atoms with Crippen LogP contribution in [0.15, 0.2) is 71.2 Å². The van der Waals surface area contributed by atoms with Gasteiger partial charge in [-0.3, -0.25) is 0 Å². The molecule has 1 N–H and O–H groups in total. The zero-order chi connectivity index (χ0) is 20.5. The third-order valence-electron chi connectivity index (χ3n) is 4.91. The van der Waals surface area contributed by atoms with E-state index in [0.29, 0.717) is 5.57 Å². The number of allylic oxidation sites excluding steroid dienone is 2. The summed E-state index contributed by atoms with van der Waals surface area (Å²) in [5, 5.41) is 10.7. The van der Waals surface area contributed by atoms with Crippen LogP contribution in [-0.2, 0) is 10.0 Å². The standard InChI is InChI=1S/C22H25NO4S/c1-15(2)22(17-7-9-18(27-4)10-8-17)20-13-23(14-21(20)24)28(25,26)19-11-5-16(3)6-12-19/h5-12,21,24H,1,13-14H2,2-4H3/b22-20+. The number of nitrogens with zero attached hydrogens (tertiary/aromatic N) is 1. The summed E-state index contributed by atoms with van der Waals surface area (Å²) in [6, 6.07) is 14.2. The van der Waals surface area contributed by atoms with Crippen LogP contribution in [0.25, 0.3) is 5.57 Å². The zero-order valence-electron chi connectivity index (χ0n) is 16.3. The molecule has 148 valence electrons. The summed E-state index contributed by atoms with van der Waals surface area (Å²) in [7, 11) is -2.08. The van der Waals surface area contributed by atoms with Crippen molar-refractivity contribution < 1.29 is 18.3 Å². The minimum absolute atomic E-state index is 0.0263. The second-order valence-electron chi connectivity index (χ2n) is 7.04. The van der Waals surface area contributed by atoms with Crippen molar-refractivity contribution in [2.75, 3.05) is 20.2 Å². The molecule has 2 aromatic rings. The van der Waals surface area contributed by atoms with Gasteiger partial charge in [-0.2, -0.15) is 4.31 Å². The highest BCUT2D eigenvalue weighted by Gasteiger charge is 2.36. The maximum Gasteiger partial charge on any atom is 0.243 e. The number of aliphatic hydroxyl groups excluding tert-OH is 1. The Morgan fingerprint density at radius 3 is 2.29 bits per heavy atom. The second-order valence-corrected chi connectivity index (χ2v) is 8.97. The molecule has 1 fully saturated rings. The molecule has 5 nitrogen and oxygen atoms in total. The quantitative estimate of drug-likeness (QED) is 0.837. The van der Waals surface area contributed by atoms with Crippen molar-refractivity contribution in [1.29, 1.82) is 0 Å². The van der Waals surface area contributed by atoms with E-state index in [0.717, 1.165) is 28.0 Å². The van der Waals surface area contributed by atoms with Crippen LogP contribution in [0, 0.1) is 6.92 Å². The predicted octanol–water partition coefficient (Wildman–Crippen LogP) is 3.40. The molecule has 0 saturated carbocycles. The lowest BCUT2D eigenvalue weighted by Crippen LogP contribution is -2.29. The van der Waals surface area contributed by atoms with Gasteiger partial charge in [0, 0.05) is 13.1 Å². The molecule has 0 aliphatic carbocycles. The van der Waals surface area contributed by atoms with Crippen LogP contribution in [0.1, 0.15) is 18.1 Å². The lowest BCUT2D eigenvalue weighted by molar-refractivity contribution is 0.217. The van der Waals surface area contributed by atoms with Crippen LogP contribution in [0.2, 0.25) is 0 Å². The van der Waals surface area contributed by atoms with E-state index in [9.17, 15) is 13.5 Å². The SMILES string of the molecule is C=C(C)/C(=C1/CN(S(=O)(=O)c2ccc(C)cc2)CC1O)c1ccc(OC)cc1. The van der Waals surface area contributed by atoms with Gasteiger partial charge in [0.25, 0.3) is 0 Å². The third kappa shape index (κ3) is 3.90. The van der Waals surface area contributed by atoms with Crippen molar-refractivity contribution in [2.45, 2.75) is 24.8 Å². The minimum Gasteiger partial charge on any atom is -0.497 e. The summed E-state index contributed by atoms with van der Waals surface area (Å²) in [6.45, 7) is 7.96. The summed E-state index contributed by atoms with van der Waals surface area (Å²) in [5.41, 5.74) is 4.08. The van der Waals surface area contributed by atoms with Crippen LogP contribution in [0.5, 0.6) is 5.75 Å². The lowest BCUT2D eigenvalue weighted by atomic mass is 9.93. The Kier molecular flexibility index (Phi) is 5.74. The fraction of sp³-hybridized carbons (Fsp3) is 0.273. The van der Waals surface area contributed by atoms with Crippen molar-refractivity contribution in [3.63, 3.8) is 0 Å². The first-order chi connectivity index (χ1) is 13.2. The number of ether oxygens (including phenoxy) is 1. The summed E-state index contributed by atoms with van der Waals surface area (Å²) in [6.07, 6.45) is -0.881. The summed E-state index contributed by atoms with van der Waals surface area (Å²) >= 11 is 0. The normalized spacial score (nSPS) is 19.5. The Hall–Kier alpha value is -2.41. The molecule has 0 amide bonds. The van der Waals surface area contributed by atoms with Gasteiger partial charge in [0.1, 0.15) is 5.75 Å². The largest absolute Gasteiger partial charge is 0.497 e. The van der Waals surface area contributed by atoms with Gasteiger partial charge in [-0.15, -0.1) is 0 Å². The van der Waals surface area contributed by atoms with Crippen LogP contribution in [-0.4, -0.2) is 44.1 Å². The average Bonchev–Trinajstić information content (AvgIpc) is 3.05. The number of β-amino-alcohol motifs (C(OH)–C–C–N with tert-alkyl or cyclic N) is 1. The Morgan fingerprint density at radius 1 is 1.14 bits per heavy atom.